The number of hydrogen-bond acceptors (Lipinski definition) is 5. The molecule has 2 aromatic carbocycles. The molecule has 0 radical (unpaired) electrons. The van der Waals surface area contributed by atoms with Crippen LogP contribution in [-0.2, 0) is 11.4 Å². The van der Waals surface area contributed by atoms with Crippen LogP contribution in [0.2, 0.25) is 5.02 Å². The van der Waals surface area contributed by atoms with Crippen LogP contribution in [0.15, 0.2) is 59.8 Å². The lowest BCUT2D eigenvalue weighted by Crippen LogP contribution is -2.27. The van der Waals surface area contributed by atoms with E-state index < -0.39 is 0 Å². The molecule has 0 aliphatic carbocycles. The first-order valence-corrected chi connectivity index (χ1v) is 10.9. The predicted molar refractivity (Wildman–Crippen MR) is 114 cm³/mol. The number of likely N-dealkylation sites (tertiary alicyclic amines) is 1. The van der Waals surface area contributed by atoms with Gasteiger partial charge in [-0.2, -0.15) is 0 Å². The van der Waals surface area contributed by atoms with Gasteiger partial charge in [0.2, 0.25) is 5.91 Å². The molecule has 0 bridgehead atoms. The Morgan fingerprint density at radius 3 is 2.59 bits per heavy atom. The minimum atomic E-state index is 0.243. The molecule has 29 heavy (non-hydrogen) atoms. The molecule has 4 rings (SSSR count). The molecule has 0 unspecified atom stereocenters. The number of rotatable bonds is 8. The second-order valence-electron chi connectivity index (χ2n) is 6.65. The Hall–Kier alpha value is -2.51. The highest BCUT2D eigenvalue weighted by Gasteiger charge is 2.20. The van der Waals surface area contributed by atoms with Crippen LogP contribution in [0.5, 0.6) is 5.75 Å². The smallest absolute Gasteiger partial charge is 0.222 e. The van der Waals surface area contributed by atoms with Crippen molar-refractivity contribution >= 4 is 29.3 Å². The second kappa shape index (κ2) is 9.33. The van der Waals surface area contributed by atoms with Gasteiger partial charge in [0.1, 0.15) is 12.4 Å². The van der Waals surface area contributed by atoms with Gasteiger partial charge < -0.3 is 9.64 Å². The zero-order valence-electron chi connectivity index (χ0n) is 15.8. The summed E-state index contributed by atoms with van der Waals surface area (Å²) in [5.41, 5.74) is 0.979. The fourth-order valence-corrected chi connectivity index (χ4v) is 4.25. The molecule has 8 heteroatoms. The van der Waals surface area contributed by atoms with Gasteiger partial charge in [-0.3, -0.25) is 9.36 Å². The number of thioether (sulfide) groups is 1. The van der Waals surface area contributed by atoms with Crippen molar-refractivity contribution in [3.63, 3.8) is 0 Å². The Bertz CT molecular complexity index is 963. The van der Waals surface area contributed by atoms with Crippen LogP contribution in [0.4, 0.5) is 0 Å². The molecule has 3 aromatic rings. The summed E-state index contributed by atoms with van der Waals surface area (Å²) in [5.74, 6) is 2.45. The maximum absolute atomic E-state index is 11.8. The van der Waals surface area contributed by atoms with Crippen molar-refractivity contribution in [3.05, 3.63) is 65.4 Å². The number of aromatic nitrogens is 3. The van der Waals surface area contributed by atoms with Crippen molar-refractivity contribution in [3.8, 4) is 11.4 Å². The average Bonchev–Trinajstić information content (AvgIpc) is 3.34. The molecule has 0 atom stereocenters. The first-order chi connectivity index (χ1) is 14.2. The predicted octanol–water partition coefficient (Wildman–Crippen LogP) is 4.21. The van der Waals surface area contributed by atoms with Crippen LogP contribution in [0.25, 0.3) is 5.69 Å². The van der Waals surface area contributed by atoms with Gasteiger partial charge in [0.05, 0.1) is 0 Å². The molecule has 1 aliphatic rings. The maximum Gasteiger partial charge on any atom is 0.222 e. The van der Waals surface area contributed by atoms with Crippen LogP contribution in [-0.4, -0.2) is 44.4 Å². The number of halogens is 1. The third-order valence-corrected chi connectivity index (χ3v) is 5.82. The van der Waals surface area contributed by atoms with Crippen LogP contribution in [0, 0.1) is 0 Å². The van der Waals surface area contributed by atoms with Gasteiger partial charge in [0.15, 0.2) is 11.0 Å². The van der Waals surface area contributed by atoms with E-state index in [1.54, 1.807) is 23.9 Å². The number of carbonyl (C=O) groups is 1. The first-order valence-electron chi connectivity index (χ1n) is 9.49. The summed E-state index contributed by atoms with van der Waals surface area (Å²) in [6.45, 7) is 1.86. The molecule has 1 fully saturated rings. The summed E-state index contributed by atoms with van der Waals surface area (Å²) in [6.07, 6.45) is 1.62. The molecule has 0 N–H and O–H groups in total. The molecule has 1 aromatic heterocycles. The normalized spacial score (nSPS) is 13.8. The lowest BCUT2D eigenvalue weighted by molar-refractivity contribution is -0.127. The van der Waals surface area contributed by atoms with Crippen LogP contribution in [0.1, 0.15) is 18.7 Å². The standard InChI is InChI=1S/C21H21ClN4O2S/c22-16-8-10-18(11-9-16)28-15-19-23-24-21(26(19)17-5-2-1-3-6-17)29-14-13-25-12-4-7-20(25)27/h1-3,5-6,8-11H,4,7,12-15H2. The minimum Gasteiger partial charge on any atom is -0.486 e. The van der Waals surface area contributed by atoms with Gasteiger partial charge in [-0.1, -0.05) is 41.6 Å². The number of nitrogens with zero attached hydrogens (tertiary/aromatic N) is 4. The van der Waals surface area contributed by atoms with E-state index in [9.17, 15) is 4.79 Å². The monoisotopic (exact) mass is 428 g/mol. The van der Waals surface area contributed by atoms with E-state index in [0.717, 1.165) is 41.9 Å². The highest BCUT2D eigenvalue weighted by atomic mass is 35.5. The van der Waals surface area contributed by atoms with Crippen LogP contribution >= 0.6 is 23.4 Å². The van der Waals surface area contributed by atoms with Crippen molar-refractivity contribution < 1.29 is 9.53 Å². The quantitative estimate of drug-likeness (QED) is 0.503. The molecule has 1 saturated heterocycles. The molecule has 150 valence electrons. The van der Waals surface area contributed by atoms with Gasteiger partial charge in [0.25, 0.3) is 0 Å². The highest BCUT2D eigenvalue weighted by molar-refractivity contribution is 7.99. The average molecular weight is 429 g/mol. The van der Waals surface area contributed by atoms with E-state index in [2.05, 4.69) is 10.2 Å². The van der Waals surface area contributed by atoms with E-state index >= 15 is 0 Å². The summed E-state index contributed by atoms with van der Waals surface area (Å²) in [7, 11) is 0. The minimum absolute atomic E-state index is 0.243. The SMILES string of the molecule is O=C1CCCN1CCSc1nnc(COc2ccc(Cl)cc2)n1-c1ccccc1. The maximum atomic E-state index is 11.8. The summed E-state index contributed by atoms with van der Waals surface area (Å²) in [6, 6.07) is 17.2. The van der Waals surface area contributed by atoms with E-state index in [-0.39, 0.29) is 12.5 Å². The summed E-state index contributed by atoms with van der Waals surface area (Å²) in [4.78, 5) is 13.7. The Labute approximate surface area is 178 Å². The Morgan fingerprint density at radius 1 is 1.07 bits per heavy atom. The van der Waals surface area contributed by atoms with Crippen LogP contribution in [0.3, 0.4) is 0 Å². The molecular weight excluding hydrogens is 408 g/mol. The van der Waals surface area contributed by atoms with Crippen molar-refractivity contribution in [2.45, 2.75) is 24.6 Å². The number of hydrogen-bond donors (Lipinski definition) is 0. The number of benzene rings is 2. The fraction of sp³-hybridized carbons (Fsp3) is 0.286. The van der Waals surface area contributed by atoms with E-state index in [1.807, 2.05) is 51.9 Å². The van der Waals surface area contributed by atoms with Crippen molar-refractivity contribution in [2.75, 3.05) is 18.8 Å². The fourth-order valence-electron chi connectivity index (χ4n) is 3.19. The lowest BCUT2D eigenvalue weighted by atomic mass is 10.3. The molecule has 0 spiro atoms. The number of ether oxygens (including phenoxy) is 1. The molecular formula is C21H21ClN4O2S. The topological polar surface area (TPSA) is 60.3 Å². The second-order valence-corrected chi connectivity index (χ2v) is 8.14. The molecule has 2 heterocycles. The van der Waals surface area contributed by atoms with Crippen molar-refractivity contribution in [1.82, 2.24) is 19.7 Å². The van der Waals surface area contributed by atoms with Crippen molar-refractivity contribution in [2.24, 2.45) is 0 Å². The zero-order valence-corrected chi connectivity index (χ0v) is 17.4. The Morgan fingerprint density at radius 2 is 1.86 bits per heavy atom. The van der Waals surface area contributed by atoms with Crippen molar-refractivity contribution in [1.29, 1.82) is 0 Å². The third-order valence-electron chi connectivity index (χ3n) is 4.66. The summed E-state index contributed by atoms with van der Waals surface area (Å²) < 4.78 is 7.88. The summed E-state index contributed by atoms with van der Waals surface area (Å²) in [5, 5.41) is 10.2. The molecule has 0 saturated carbocycles. The third kappa shape index (κ3) is 4.92. The van der Waals surface area contributed by atoms with E-state index in [1.165, 1.54) is 0 Å². The first kappa shape index (κ1) is 19.8. The van der Waals surface area contributed by atoms with Gasteiger partial charge in [-0.25, -0.2) is 0 Å². The van der Waals surface area contributed by atoms with Gasteiger partial charge in [-0.05, 0) is 42.8 Å². The van der Waals surface area contributed by atoms with Gasteiger partial charge in [0, 0.05) is 36.0 Å². The lowest BCUT2D eigenvalue weighted by Gasteiger charge is -2.15. The Balaban J connectivity index is 1.48. The summed E-state index contributed by atoms with van der Waals surface area (Å²) >= 11 is 7.53. The molecule has 1 amide bonds. The molecule has 1 aliphatic heterocycles. The number of para-hydroxylation sites is 1. The highest BCUT2D eigenvalue weighted by Crippen LogP contribution is 2.24. The Kier molecular flexibility index (Phi) is 6.36. The van der Waals surface area contributed by atoms with Crippen LogP contribution < -0.4 is 4.74 Å². The zero-order chi connectivity index (χ0) is 20.1. The molecule has 6 nitrogen and oxygen atoms in total. The van der Waals surface area contributed by atoms with E-state index in [0.29, 0.717) is 17.3 Å². The number of amides is 1. The van der Waals surface area contributed by atoms with Gasteiger partial charge >= 0.3 is 0 Å². The number of carbonyl (C=O) groups excluding carboxylic acids is 1. The van der Waals surface area contributed by atoms with E-state index in [4.69, 9.17) is 16.3 Å². The largest absolute Gasteiger partial charge is 0.486 e. The van der Waals surface area contributed by atoms with Gasteiger partial charge in [-0.15, -0.1) is 10.2 Å².